The predicted octanol–water partition coefficient (Wildman–Crippen LogP) is 4.45. The number of aliphatic imine (C=N–C) groups is 1. The van der Waals surface area contributed by atoms with E-state index in [4.69, 9.17) is 4.99 Å². The number of hydrogen-bond acceptors (Lipinski definition) is 2. The molecule has 0 unspecified atom stereocenters. The van der Waals surface area contributed by atoms with E-state index in [0.717, 1.165) is 28.9 Å². The van der Waals surface area contributed by atoms with Crippen LogP contribution in [0.1, 0.15) is 44.4 Å². The number of nitrogens with zero attached hydrogens (tertiary/aromatic N) is 1. The molecule has 24 heavy (non-hydrogen) atoms. The van der Waals surface area contributed by atoms with E-state index in [1.807, 2.05) is 44.2 Å². The zero-order valence-electron chi connectivity index (χ0n) is 14.8. The number of carbonyl (C=O) groups is 1. The van der Waals surface area contributed by atoms with Crippen molar-refractivity contribution in [2.45, 2.75) is 39.7 Å². The van der Waals surface area contributed by atoms with E-state index in [1.165, 1.54) is 5.56 Å². The van der Waals surface area contributed by atoms with Crippen molar-refractivity contribution < 1.29 is 4.79 Å². The molecule has 0 spiro atoms. The van der Waals surface area contributed by atoms with Crippen molar-refractivity contribution in [1.29, 1.82) is 0 Å². The summed E-state index contributed by atoms with van der Waals surface area (Å²) in [5.74, 6) is -0.0403. The SMILES string of the molecule is CC(C)C(=O)Nc1ccccc1C1=NC(C)(C)Cc2ccccc21. The normalized spacial score (nSPS) is 15.6. The van der Waals surface area contributed by atoms with Gasteiger partial charge in [0.1, 0.15) is 0 Å². The first-order chi connectivity index (χ1) is 11.4. The number of anilines is 1. The Morgan fingerprint density at radius 3 is 2.38 bits per heavy atom. The van der Waals surface area contributed by atoms with E-state index in [-0.39, 0.29) is 17.4 Å². The number of benzene rings is 2. The molecule has 1 amide bonds. The molecule has 0 saturated carbocycles. The summed E-state index contributed by atoms with van der Waals surface area (Å²) >= 11 is 0. The third-order valence-electron chi connectivity index (χ3n) is 4.27. The van der Waals surface area contributed by atoms with Crippen LogP contribution in [0, 0.1) is 5.92 Å². The van der Waals surface area contributed by atoms with Crippen LogP contribution < -0.4 is 5.32 Å². The average molecular weight is 320 g/mol. The van der Waals surface area contributed by atoms with Gasteiger partial charge in [0.25, 0.3) is 0 Å². The van der Waals surface area contributed by atoms with Crippen LogP contribution in [0.3, 0.4) is 0 Å². The van der Waals surface area contributed by atoms with Gasteiger partial charge in [-0.1, -0.05) is 56.3 Å². The molecule has 0 fully saturated rings. The molecule has 0 saturated heterocycles. The Morgan fingerprint density at radius 2 is 1.67 bits per heavy atom. The Balaban J connectivity index is 2.11. The molecule has 124 valence electrons. The minimum absolute atomic E-state index is 0.0198. The van der Waals surface area contributed by atoms with E-state index < -0.39 is 0 Å². The number of nitrogens with one attached hydrogen (secondary N) is 1. The molecule has 1 aliphatic heterocycles. The van der Waals surface area contributed by atoms with Crippen molar-refractivity contribution >= 4 is 17.3 Å². The van der Waals surface area contributed by atoms with Crippen LogP contribution in [0.5, 0.6) is 0 Å². The summed E-state index contributed by atoms with van der Waals surface area (Å²) in [7, 11) is 0. The molecular formula is C21H24N2O. The Kier molecular flexibility index (Phi) is 4.27. The number of rotatable bonds is 3. The maximum absolute atomic E-state index is 12.2. The zero-order valence-corrected chi connectivity index (χ0v) is 14.8. The van der Waals surface area contributed by atoms with Crippen LogP contribution in [0.25, 0.3) is 0 Å². The van der Waals surface area contributed by atoms with Gasteiger partial charge in [-0.3, -0.25) is 9.79 Å². The molecule has 1 N–H and O–H groups in total. The third-order valence-corrected chi connectivity index (χ3v) is 4.27. The lowest BCUT2D eigenvalue weighted by Crippen LogP contribution is -2.30. The second-order valence-electron chi connectivity index (χ2n) is 7.30. The predicted molar refractivity (Wildman–Crippen MR) is 99.8 cm³/mol. The molecule has 0 bridgehead atoms. The van der Waals surface area contributed by atoms with Gasteiger partial charge in [-0.15, -0.1) is 0 Å². The molecule has 3 rings (SSSR count). The molecule has 0 radical (unpaired) electrons. The van der Waals surface area contributed by atoms with Crippen molar-refractivity contribution in [2.75, 3.05) is 5.32 Å². The zero-order chi connectivity index (χ0) is 17.3. The molecule has 0 aliphatic carbocycles. The van der Waals surface area contributed by atoms with Gasteiger partial charge in [-0.2, -0.15) is 0 Å². The standard InChI is InChI=1S/C21H24N2O/c1-14(2)20(24)22-18-12-8-7-11-17(18)19-16-10-6-5-9-15(16)13-21(3,4)23-19/h5-12,14H,13H2,1-4H3,(H,22,24). The Morgan fingerprint density at radius 1 is 1.04 bits per heavy atom. The molecule has 0 aromatic heterocycles. The number of amides is 1. The summed E-state index contributed by atoms with van der Waals surface area (Å²) in [4.78, 5) is 17.2. The monoisotopic (exact) mass is 320 g/mol. The smallest absolute Gasteiger partial charge is 0.226 e. The molecule has 2 aromatic rings. The fraction of sp³-hybridized carbons (Fsp3) is 0.333. The quantitative estimate of drug-likeness (QED) is 0.891. The lowest BCUT2D eigenvalue weighted by atomic mass is 9.84. The summed E-state index contributed by atoms with van der Waals surface area (Å²) in [6.45, 7) is 8.10. The number of fused-ring (bicyclic) bond motifs is 1. The van der Waals surface area contributed by atoms with Crippen LogP contribution in [0.2, 0.25) is 0 Å². The molecule has 0 atom stereocenters. The highest BCUT2D eigenvalue weighted by molar-refractivity contribution is 6.18. The fourth-order valence-corrected chi connectivity index (χ4v) is 3.05. The number of hydrogen-bond donors (Lipinski definition) is 1. The van der Waals surface area contributed by atoms with Crippen molar-refractivity contribution in [3.63, 3.8) is 0 Å². The molecular weight excluding hydrogens is 296 g/mol. The average Bonchev–Trinajstić information content (AvgIpc) is 2.53. The largest absolute Gasteiger partial charge is 0.325 e. The van der Waals surface area contributed by atoms with Gasteiger partial charge >= 0.3 is 0 Å². The Hall–Kier alpha value is -2.42. The fourth-order valence-electron chi connectivity index (χ4n) is 3.05. The van der Waals surface area contributed by atoms with Gasteiger partial charge in [0.2, 0.25) is 5.91 Å². The van der Waals surface area contributed by atoms with Crippen LogP contribution in [-0.2, 0) is 11.2 Å². The summed E-state index contributed by atoms with van der Waals surface area (Å²) in [6.07, 6.45) is 0.924. The first-order valence-corrected chi connectivity index (χ1v) is 8.46. The van der Waals surface area contributed by atoms with Gasteiger partial charge in [-0.25, -0.2) is 0 Å². The van der Waals surface area contributed by atoms with Crippen molar-refractivity contribution in [3.8, 4) is 0 Å². The highest BCUT2D eigenvalue weighted by Gasteiger charge is 2.28. The molecule has 2 aromatic carbocycles. The van der Waals surface area contributed by atoms with Crippen LogP contribution in [0.15, 0.2) is 53.5 Å². The minimum atomic E-state index is -0.154. The first kappa shape index (κ1) is 16.4. The summed E-state index contributed by atoms with van der Waals surface area (Å²) < 4.78 is 0. The van der Waals surface area contributed by atoms with Gasteiger partial charge in [0.05, 0.1) is 16.9 Å². The molecule has 1 aliphatic rings. The lowest BCUT2D eigenvalue weighted by molar-refractivity contribution is -0.118. The second kappa shape index (κ2) is 6.23. The summed E-state index contributed by atoms with van der Waals surface area (Å²) in [5, 5.41) is 3.05. The maximum atomic E-state index is 12.2. The Bertz CT molecular complexity index is 803. The van der Waals surface area contributed by atoms with Crippen molar-refractivity contribution in [3.05, 3.63) is 65.2 Å². The topological polar surface area (TPSA) is 41.5 Å². The number of para-hydroxylation sites is 1. The van der Waals surface area contributed by atoms with E-state index in [2.05, 4.69) is 37.4 Å². The summed E-state index contributed by atoms with van der Waals surface area (Å²) in [6, 6.07) is 16.3. The Labute approximate surface area is 143 Å². The lowest BCUT2D eigenvalue weighted by Gasteiger charge is -2.30. The molecule has 1 heterocycles. The van der Waals surface area contributed by atoms with Crippen LogP contribution in [0.4, 0.5) is 5.69 Å². The highest BCUT2D eigenvalue weighted by Crippen LogP contribution is 2.31. The van der Waals surface area contributed by atoms with Gasteiger partial charge < -0.3 is 5.32 Å². The molecule has 3 heteroatoms. The van der Waals surface area contributed by atoms with Crippen LogP contribution >= 0.6 is 0 Å². The van der Waals surface area contributed by atoms with Crippen molar-refractivity contribution in [2.24, 2.45) is 10.9 Å². The second-order valence-corrected chi connectivity index (χ2v) is 7.30. The molecule has 3 nitrogen and oxygen atoms in total. The van der Waals surface area contributed by atoms with Crippen LogP contribution in [-0.4, -0.2) is 17.2 Å². The van der Waals surface area contributed by atoms with Gasteiger partial charge in [0, 0.05) is 17.0 Å². The highest BCUT2D eigenvalue weighted by atomic mass is 16.1. The van der Waals surface area contributed by atoms with E-state index in [1.54, 1.807) is 0 Å². The van der Waals surface area contributed by atoms with E-state index >= 15 is 0 Å². The summed E-state index contributed by atoms with van der Waals surface area (Å²) in [5.41, 5.74) is 5.06. The van der Waals surface area contributed by atoms with Gasteiger partial charge in [0.15, 0.2) is 0 Å². The maximum Gasteiger partial charge on any atom is 0.226 e. The minimum Gasteiger partial charge on any atom is -0.325 e. The van der Waals surface area contributed by atoms with E-state index in [9.17, 15) is 4.79 Å². The van der Waals surface area contributed by atoms with Gasteiger partial charge in [-0.05, 0) is 31.9 Å². The van der Waals surface area contributed by atoms with Crippen molar-refractivity contribution in [1.82, 2.24) is 0 Å². The third kappa shape index (κ3) is 3.25. The first-order valence-electron chi connectivity index (χ1n) is 8.46. The van der Waals surface area contributed by atoms with E-state index in [0.29, 0.717) is 0 Å². The number of carbonyl (C=O) groups excluding carboxylic acids is 1.